The number of amides is 1. The Balaban J connectivity index is 1.87. The molecule has 2 aromatic carbocycles. The van der Waals surface area contributed by atoms with Gasteiger partial charge in [-0.25, -0.2) is 4.79 Å². The molecule has 0 atom stereocenters. The van der Waals surface area contributed by atoms with Crippen LogP contribution in [-0.4, -0.2) is 23.3 Å². The molecule has 0 aliphatic heterocycles. The molecule has 3 aromatic rings. The zero-order chi connectivity index (χ0) is 19.6. The molecule has 1 aromatic heterocycles. The van der Waals surface area contributed by atoms with E-state index in [4.69, 9.17) is 9.47 Å². The molecule has 0 spiro atoms. The Hall–Kier alpha value is -2.99. The number of carbonyl (C=O) groups is 1. The molecule has 142 valence electrons. The Morgan fingerprint density at radius 1 is 1.19 bits per heavy atom. The summed E-state index contributed by atoms with van der Waals surface area (Å²) in [6.45, 7) is 5.98. The third-order valence-corrected chi connectivity index (χ3v) is 4.35. The SMILES string of the molecule is COc1c(CO)cc(C(C)(C)C)cc1NC(=O)Oc1cc2ccccc2[nH]1. The van der Waals surface area contributed by atoms with Gasteiger partial charge in [0.05, 0.1) is 19.4 Å². The third kappa shape index (κ3) is 4.06. The molecule has 0 aliphatic rings. The lowest BCUT2D eigenvalue weighted by Gasteiger charge is -2.23. The highest BCUT2D eigenvalue weighted by Crippen LogP contribution is 2.35. The van der Waals surface area contributed by atoms with Gasteiger partial charge in [-0.15, -0.1) is 0 Å². The van der Waals surface area contributed by atoms with Crippen LogP contribution in [0.1, 0.15) is 31.9 Å². The van der Waals surface area contributed by atoms with Crippen molar-refractivity contribution in [2.75, 3.05) is 12.4 Å². The number of aliphatic hydroxyl groups excluding tert-OH is 1. The maximum atomic E-state index is 12.4. The average molecular weight is 368 g/mol. The van der Waals surface area contributed by atoms with Crippen molar-refractivity contribution in [3.8, 4) is 11.6 Å². The second kappa shape index (κ2) is 7.32. The first kappa shape index (κ1) is 18.8. The van der Waals surface area contributed by atoms with Crippen LogP contribution in [0.25, 0.3) is 10.9 Å². The van der Waals surface area contributed by atoms with Crippen molar-refractivity contribution in [2.24, 2.45) is 0 Å². The lowest BCUT2D eigenvalue weighted by atomic mass is 9.85. The number of fused-ring (bicyclic) bond motifs is 1. The quantitative estimate of drug-likeness (QED) is 0.629. The number of aromatic nitrogens is 1. The number of benzene rings is 2. The number of anilines is 1. The number of rotatable bonds is 4. The minimum Gasteiger partial charge on any atom is -0.494 e. The molecule has 0 saturated carbocycles. The number of hydrogen-bond acceptors (Lipinski definition) is 4. The van der Waals surface area contributed by atoms with Gasteiger partial charge < -0.3 is 19.6 Å². The average Bonchev–Trinajstić information content (AvgIpc) is 3.02. The highest BCUT2D eigenvalue weighted by molar-refractivity contribution is 5.90. The predicted molar refractivity (Wildman–Crippen MR) is 106 cm³/mol. The van der Waals surface area contributed by atoms with E-state index in [1.165, 1.54) is 7.11 Å². The van der Waals surface area contributed by atoms with Gasteiger partial charge in [0, 0.05) is 22.5 Å². The highest BCUT2D eigenvalue weighted by Gasteiger charge is 2.21. The van der Waals surface area contributed by atoms with Crippen LogP contribution in [0, 0.1) is 0 Å². The van der Waals surface area contributed by atoms with Crippen LogP contribution in [0.2, 0.25) is 0 Å². The minimum atomic E-state index is -0.644. The van der Waals surface area contributed by atoms with Gasteiger partial charge in [-0.1, -0.05) is 39.0 Å². The van der Waals surface area contributed by atoms with Crippen LogP contribution in [0.3, 0.4) is 0 Å². The fraction of sp³-hybridized carbons (Fsp3) is 0.286. The van der Waals surface area contributed by atoms with E-state index in [0.717, 1.165) is 16.5 Å². The van der Waals surface area contributed by atoms with Gasteiger partial charge in [0.1, 0.15) is 5.75 Å². The van der Waals surface area contributed by atoms with E-state index in [1.807, 2.05) is 36.4 Å². The van der Waals surface area contributed by atoms with Crippen molar-refractivity contribution < 1.29 is 19.4 Å². The smallest absolute Gasteiger partial charge is 0.418 e. The molecule has 0 aliphatic carbocycles. The first-order chi connectivity index (χ1) is 12.8. The molecule has 6 nitrogen and oxygen atoms in total. The van der Waals surface area contributed by atoms with Gasteiger partial charge in [0.15, 0.2) is 0 Å². The van der Waals surface area contributed by atoms with Gasteiger partial charge in [0.25, 0.3) is 0 Å². The van der Waals surface area contributed by atoms with E-state index >= 15 is 0 Å². The van der Waals surface area contributed by atoms with Crippen molar-refractivity contribution in [3.05, 3.63) is 53.6 Å². The zero-order valence-corrected chi connectivity index (χ0v) is 15.9. The molecule has 1 amide bonds. The summed E-state index contributed by atoms with van der Waals surface area (Å²) < 4.78 is 10.8. The molecular formula is C21H24N2O4. The van der Waals surface area contributed by atoms with Crippen LogP contribution in [0.4, 0.5) is 10.5 Å². The molecule has 3 rings (SSSR count). The molecule has 6 heteroatoms. The van der Waals surface area contributed by atoms with Gasteiger partial charge >= 0.3 is 6.09 Å². The summed E-state index contributed by atoms with van der Waals surface area (Å²) in [5.41, 5.74) is 2.75. The predicted octanol–water partition coefficient (Wildman–Crippen LogP) is 4.58. The van der Waals surface area contributed by atoms with E-state index in [1.54, 1.807) is 6.07 Å². The van der Waals surface area contributed by atoms with Gasteiger partial charge in [-0.3, -0.25) is 5.32 Å². The highest BCUT2D eigenvalue weighted by atomic mass is 16.6. The van der Waals surface area contributed by atoms with Gasteiger partial charge in [-0.05, 0) is 29.2 Å². The monoisotopic (exact) mass is 368 g/mol. The summed E-state index contributed by atoms with van der Waals surface area (Å²) in [5.74, 6) is 0.765. The van der Waals surface area contributed by atoms with Crippen molar-refractivity contribution in [1.82, 2.24) is 4.98 Å². The molecule has 0 radical (unpaired) electrons. The third-order valence-electron chi connectivity index (χ3n) is 4.35. The number of ether oxygens (including phenoxy) is 2. The first-order valence-corrected chi connectivity index (χ1v) is 8.70. The van der Waals surface area contributed by atoms with Gasteiger partial charge in [0.2, 0.25) is 5.88 Å². The summed E-state index contributed by atoms with van der Waals surface area (Å²) in [7, 11) is 1.50. The molecule has 0 saturated heterocycles. The number of para-hydroxylation sites is 1. The number of aromatic amines is 1. The van der Waals surface area contributed by atoms with Gasteiger partial charge in [-0.2, -0.15) is 0 Å². The maximum absolute atomic E-state index is 12.4. The largest absolute Gasteiger partial charge is 0.494 e. The standard InChI is InChI=1S/C21H24N2O4/c1-21(2,3)15-9-14(12-24)19(26-4)17(11-15)23-20(25)27-18-10-13-7-5-6-8-16(13)22-18/h5-11,22,24H,12H2,1-4H3,(H,23,25). The lowest BCUT2D eigenvalue weighted by molar-refractivity contribution is 0.213. The first-order valence-electron chi connectivity index (χ1n) is 8.70. The van der Waals surface area contributed by atoms with Crippen LogP contribution in [0.5, 0.6) is 11.6 Å². The minimum absolute atomic E-state index is 0.159. The van der Waals surface area contributed by atoms with Crippen molar-refractivity contribution in [3.63, 3.8) is 0 Å². The van der Waals surface area contributed by atoms with E-state index < -0.39 is 6.09 Å². The summed E-state index contributed by atoms with van der Waals surface area (Å²) in [4.78, 5) is 15.5. The zero-order valence-electron chi connectivity index (χ0n) is 15.9. The Morgan fingerprint density at radius 2 is 1.93 bits per heavy atom. The topological polar surface area (TPSA) is 83.6 Å². The summed E-state index contributed by atoms with van der Waals surface area (Å²) in [6.07, 6.45) is -0.644. The number of carbonyl (C=O) groups excluding carboxylic acids is 1. The Kier molecular flexibility index (Phi) is 5.10. The molecular weight excluding hydrogens is 344 g/mol. The van der Waals surface area contributed by atoms with E-state index in [0.29, 0.717) is 22.9 Å². The van der Waals surface area contributed by atoms with Crippen LogP contribution in [-0.2, 0) is 12.0 Å². The Morgan fingerprint density at radius 3 is 2.56 bits per heavy atom. The van der Waals surface area contributed by atoms with Crippen molar-refractivity contribution in [1.29, 1.82) is 0 Å². The van der Waals surface area contributed by atoms with Crippen LogP contribution < -0.4 is 14.8 Å². The van der Waals surface area contributed by atoms with E-state index in [-0.39, 0.29) is 12.0 Å². The molecule has 27 heavy (non-hydrogen) atoms. The second-order valence-electron chi connectivity index (χ2n) is 7.36. The van der Waals surface area contributed by atoms with Crippen molar-refractivity contribution >= 4 is 22.7 Å². The summed E-state index contributed by atoms with van der Waals surface area (Å²) in [6, 6.07) is 13.1. The molecule has 0 fully saturated rings. The van der Waals surface area contributed by atoms with E-state index in [2.05, 4.69) is 31.1 Å². The summed E-state index contributed by atoms with van der Waals surface area (Å²) in [5, 5.41) is 13.4. The lowest BCUT2D eigenvalue weighted by Crippen LogP contribution is -2.19. The number of nitrogens with one attached hydrogen (secondary N) is 2. The summed E-state index contributed by atoms with van der Waals surface area (Å²) >= 11 is 0. The fourth-order valence-electron chi connectivity index (χ4n) is 2.91. The Labute approximate surface area is 158 Å². The van der Waals surface area contributed by atoms with Crippen molar-refractivity contribution in [2.45, 2.75) is 32.8 Å². The second-order valence-corrected chi connectivity index (χ2v) is 7.36. The molecule has 0 bridgehead atoms. The molecule has 3 N–H and O–H groups in total. The van der Waals surface area contributed by atoms with E-state index in [9.17, 15) is 9.90 Å². The number of aliphatic hydroxyl groups is 1. The maximum Gasteiger partial charge on any atom is 0.418 e. The number of H-pyrrole nitrogens is 1. The molecule has 0 unspecified atom stereocenters. The van der Waals surface area contributed by atoms with Crippen LogP contribution >= 0.6 is 0 Å². The normalized spacial score (nSPS) is 11.4. The fourth-order valence-corrected chi connectivity index (χ4v) is 2.91. The van der Waals surface area contributed by atoms with Crippen LogP contribution in [0.15, 0.2) is 42.5 Å². The number of hydrogen-bond donors (Lipinski definition) is 3. The Bertz CT molecular complexity index is 937. The number of methoxy groups -OCH3 is 1. The molecule has 1 heterocycles.